The lowest BCUT2D eigenvalue weighted by Crippen LogP contribution is -2.02. The van der Waals surface area contributed by atoms with Gasteiger partial charge >= 0.3 is 0 Å². The summed E-state index contributed by atoms with van der Waals surface area (Å²) in [5, 5.41) is 0.945. The van der Waals surface area contributed by atoms with E-state index in [1.54, 1.807) is 12.1 Å². The summed E-state index contributed by atoms with van der Waals surface area (Å²) in [5.74, 6) is -0.249. The van der Waals surface area contributed by atoms with E-state index in [9.17, 15) is 9.18 Å². The molecule has 2 aromatic carbocycles. The van der Waals surface area contributed by atoms with Gasteiger partial charge in [-0.3, -0.25) is 4.79 Å². The Bertz CT molecular complexity index is 839. The third kappa shape index (κ3) is 2.50. The molecular formula is C16H10ClFO3. The van der Waals surface area contributed by atoms with Crippen LogP contribution in [0.3, 0.4) is 0 Å². The first-order valence-corrected chi connectivity index (χ1v) is 6.53. The number of rotatable bonds is 3. The molecule has 0 N–H and O–H groups in total. The quantitative estimate of drug-likeness (QED) is 0.670. The normalized spacial score (nSPS) is 10.8. The maximum atomic E-state index is 13.2. The highest BCUT2D eigenvalue weighted by Gasteiger charge is 2.19. The van der Waals surface area contributed by atoms with Gasteiger partial charge in [-0.1, -0.05) is 11.6 Å². The largest absolute Gasteiger partial charge is 0.496 e. The summed E-state index contributed by atoms with van der Waals surface area (Å²) >= 11 is 5.92. The minimum absolute atomic E-state index is 0.108. The van der Waals surface area contributed by atoms with Gasteiger partial charge in [0.05, 0.1) is 12.7 Å². The maximum Gasteiger partial charge on any atom is 0.231 e. The summed E-state index contributed by atoms with van der Waals surface area (Å²) < 4.78 is 23.8. The summed E-state index contributed by atoms with van der Waals surface area (Å²) in [6, 6.07) is 10.3. The second-order valence-corrected chi connectivity index (χ2v) is 4.90. The molecule has 0 fully saturated rings. The van der Waals surface area contributed by atoms with Crippen LogP contribution in [0.1, 0.15) is 16.1 Å². The van der Waals surface area contributed by atoms with Crippen LogP contribution in [0, 0.1) is 5.82 Å². The van der Waals surface area contributed by atoms with E-state index in [0.29, 0.717) is 27.3 Å². The van der Waals surface area contributed by atoms with Gasteiger partial charge in [-0.15, -0.1) is 0 Å². The zero-order valence-electron chi connectivity index (χ0n) is 11.0. The van der Waals surface area contributed by atoms with E-state index in [1.165, 1.54) is 37.4 Å². The van der Waals surface area contributed by atoms with E-state index in [-0.39, 0.29) is 17.4 Å². The third-order valence-electron chi connectivity index (χ3n) is 3.11. The summed E-state index contributed by atoms with van der Waals surface area (Å²) in [5.41, 5.74) is 0.741. The van der Waals surface area contributed by atoms with Crippen molar-refractivity contribution in [3.8, 4) is 5.75 Å². The second kappa shape index (κ2) is 5.22. The van der Waals surface area contributed by atoms with E-state index >= 15 is 0 Å². The van der Waals surface area contributed by atoms with Crippen LogP contribution in [0.2, 0.25) is 5.02 Å². The van der Waals surface area contributed by atoms with Gasteiger partial charge in [-0.25, -0.2) is 4.39 Å². The van der Waals surface area contributed by atoms with Crippen LogP contribution in [0.4, 0.5) is 4.39 Å². The van der Waals surface area contributed by atoms with Crippen LogP contribution in [-0.4, -0.2) is 12.9 Å². The van der Waals surface area contributed by atoms with E-state index < -0.39 is 0 Å². The fourth-order valence-corrected chi connectivity index (χ4v) is 2.29. The average Bonchev–Trinajstić information content (AvgIpc) is 2.89. The molecule has 5 heteroatoms. The Balaban J connectivity index is 2.10. The SMILES string of the molecule is COc1ccc(Cl)cc1C(=O)c1cc2cc(F)ccc2o1. The Hall–Kier alpha value is -2.33. The van der Waals surface area contributed by atoms with Crippen LogP contribution in [0.5, 0.6) is 5.75 Å². The van der Waals surface area contributed by atoms with E-state index in [2.05, 4.69) is 0 Å². The van der Waals surface area contributed by atoms with E-state index in [0.717, 1.165) is 0 Å². The minimum atomic E-state index is -0.386. The molecule has 21 heavy (non-hydrogen) atoms. The summed E-state index contributed by atoms with van der Waals surface area (Å²) in [7, 11) is 1.47. The fraction of sp³-hybridized carbons (Fsp3) is 0.0625. The fourth-order valence-electron chi connectivity index (χ4n) is 2.12. The number of carbonyl (C=O) groups excluding carboxylic acids is 1. The number of furan rings is 1. The number of fused-ring (bicyclic) bond motifs is 1. The highest BCUT2D eigenvalue weighted by Crippen LogP contribution is 2.28. The summed E-state index contributed by atoms with van der Waals surface area (Å²) in [6.45, 7) is 0. The van der Waals surface area contributed by atoms with Gasteiger partial charge in [-0.2, -0.15) is 0 Å². The molecule has 106 valence electrons. The highest BCUT2D eigenvalue weighted by molar-refractivity contribution is 6.31. The number of hydrogen-bond acceptors (Lipinski definition) is 3. The van der Waals surface area contributed by atoms with Crippen molar-refractivity contribution in [2.45, 2.75) is 0 Å². The molecule has 3 aromatic rings. The number of ketones is 1. The smallest absolute Gasteiger partial charge is 0.231 e. The Morgan fingerprint density at radius 1 is 1.19 bits per heavy atom. The second-order valence-electron chi connectivity index (χ2n) is 4.47. The minimum Gasteiger partial charge on any atom is -0.496 e. The molecule has 0 aliphatic rings. The van der Waals surface area contributed by atoms with Crippen molar-refractivity contribution in [1.29, 1.82) is 0 Å². The molecule has 1 heterocycles. The van der Waals surface area contributed by atoms with Crippen LogP contribution >= 0.6 is 11.6 Å². The van der Waals surface area contributed by atoms with Crippen molar-refractivity contribution in [2.75, 3.05) is 7.11 Å². The molecular weight excluding hydrogens is 295 g/mol. The Morgan fingerprint density at radius 2 is 2.00 bits per heavy atom. The molecule has 3 nitrogen and oxygen atoms in total. The molecule has 1 aromatic heterocycles. The predicted octanol–water partition coefficient (Wildman–Crippen LogP) is 4.46. The number of benzene rings is 2. The zero-order valence-corrected chi connectivity index (χ0v) is 11.8. The first-order valence-electron chi connectivity index (χ1n) is 6.16. The number of ether oxygens (including phenoxy) is 1. The van der Waals surface area contributed by atoms with Gasteiger partial charge in [-0.05, 0) is 42.5 Å². The van der Waals surface area contributed by atoms with Gasteiger partial charge in [0, 0.05) is 10.4 Å². The topological polar surface area (TPSA) is 39.4 Å². The van der Waals surface area contributed by atoms with Crippen molar-refractivity contribution < 1.29 is 18.3 Å². The molecule has 0 atom stereocenters. The number of halogens is 2. The molecule has 0 radical (unpaired) electrons. The molecule has 0 spiro atoms. The first kappa shape index (κ1) is 13.6. The van der Waals surface area contributed by atoms with Gasteiger partial charge in [0.25, 0.3) is 0 Å². The third-order valence-corrected chi connectivity index (χ3v) is 3.34. The van der Waals surface area contributed by atoms with Crippen LogP contribution in [-0.2, 0) is 0 Å². The molecule has 3 rings (SSSR count). The molecule has 0 amide bonds. The highest BCUT2D eigenvalue weighted by atomic mass is 35.5. The lowest BCUT2D eigenvalue weighted by atomic mass is 10.1. The van der Waals surface area contributed by atoms with Crippen LogP contribution < -0.4 is 4.74 Å². The van der Waals surface area contributed by atoms with E-state index in [1.807, 2.05) is 0 Å². The zero-order chi connectivity index (χ0) is 15.0. The van der Waals surface area contributed by atoms with Crippen molar-refractivity contribution in [2.24, 2.45) is 0 Å². The van der Waals surface area contributed by atoms with Crippen LogP contribution in [0.25, 0.3) is 11.0 Å². The molecule has 0 aliphatic heterocycles. The predicted molar refractivity (Wildman–Crippen MR) is 77.6 cm³/mol. The van der Waals surface area contributed by atoms with Gasteiger partial charge < -0.3 is 9.15 Å². The van der Waals surface area contributed by atoms with Crippen molar-refractivity contribution in [1.82, 2.24) is 0 Å². The first-order chi connectivity index (χ1) is 10.1. The van der Waals surface area contributed by atoms with Crippen molar-refractivity contribution in [3.63, 3.8) is 0 Å². The Morgan fingerprint density at radius 3 is 2.76 bits per heavy atom. The maximum absolute atomic E-state index is 13.2. The Labute approximate surface area is 124 Å². The molecule has 0 aliphatic carbocycles. The molecule has 0 unspecified atom stereocenters. The average molecular weight is 305 g/mol. The summed E-state index contributed by atoms with van der Waals surface area (Å²) in [4.78, 5) is 12.5. The number of carbonyl (C=O) groups is 1. The molecule has 0 saturated heterocycles. The van der Waals surface area contributed by atoms with Crippen molar-refractivity contribution >= 4 is 28.4 Å². The van der Waals surface area contributed by atoms with Gasteiger partial charge in [0.2, 0.25) is 5.78 Å². The Kier molecular flexibility index (Phi) is 3.39. The van der Waals surface area contributed by atoms with Crippen LogP contribution in [0.15, 0.2) is 46.9 Å². The lowest BCUT2D eigenvalue weighted by Gasteiger charge is -2.06. The molecule has 0 saturated carbocycles. The lowest BCUT2D eigenvalue weighted by molar-refractivity contribution is 0.101. The molecule has 0 bridgehead atoms. The van der Waals surface area contributed by atoms with Crippen molar-refractivity contribution in [3.05, 3.63) is 64.6 Å². The monoisotopic (exact) mass is 304 g/mol. The van der Waals surface area contributed by atoms with Gasteiger partial charge in [0.1, 0.15) is 17.1 Å². The number of methoxy groups -OCH3 is 1. The van der Waals surface area contributed by atoms with E-state index in [4.69, 9.17) is 20.8 Å². The van der Waals surface area contributed by atoms with Gasteiger partial charge in [0.15, 0.2) is 5.76 Å². The number of hydrogen-bond donors (Lipinski definition) is 0. The summed E-state index contributed by atoms with van der Waals surface area (Å²) in [6.07, 6.45) is 0. The standard InChI is InChI=1S/C16H10ClFO3/c1-20-14-4-2-10(17)8-12(14)16(19)15-7-9-6-11(18)3-5-13(9)21-15/h2-8H,1H3.